The van der Waals surface area contributed by atoms with Crippen LogP contribution in [0.2, 0.25) is 0 Å². The minimum Gasteiger partial charge on any atom is -0.461 e. The molecule has 0 spiro atoms. The first-order valence-electron chi connectivity index (χ1n) is 9.12. The Labute approximate surface area is 157 Å². The molecule has 1 aliphatic rings. The van der Waals surface area contributed by atoms with Crippen molar-refractivity contribution in [3.8, 4) is 0 Å². The predicted octanol–water partition coefficient (Wildman–Crippen LogP) is 3.32. The number of sulfonamides is 1. The molecule has 0 unspecified atom stereocenters. The van der Waals surface area contributed by atoms with Crippen LogP contribution in [0.1, 0.15) is 55.9 Å². The summed E-state index contributed by atoms with van der Waals surface area (Å²) >= 11 is 0. The fraction of sp³-hybridized carbons (Fsp3) is 0.650. The number of piperidine rings is 1. The van der Waals surface area contributed by atoms with Gasteiger partial charge >= 0.3 is 5.97 Å². The summed E-state index contributed by atoms with van der Waals surface area (Å²) in [5, 5.41) is 0. The fourth-order valence-corrected chi connectivity index (χ4v) is 4.21. The van der Waals surface area contributed by atoms with E-state index in [1.54, 1.807) is 0 Å². The van der Waals surface area contributed by atoms with E-state index in [0.29, 0.717) is 25.9 Å². The van der Waals surface area contributed by atoms with Gasteiger partial charge in [0.2, 0.25) is 10.0 Å². The second-order valence-electron chi connectivity index (χ2n) is 8.38. The first-order chi connectivity index (χ1) is 11.9. The predicted molar refractivity (Wildman–Crippen MR) is 104 cm³/mol. The van der Waals surface area contributed by atoms with Gasteiger partial charge in [0, 0.05) is 13.1 Å². The van der Waals surface area contributed by atoms with Crippen LogP contribution in [0.25, 0.3) is 0 Å². The molecular formula is C20H31NO4S. The number of benzene rings is 1. The monoisotopic (exact) mass is 381 g/mol. The lowest BCUT2D eigenvalue weighted by Gasteiger charge is -2.29. The second-order valence-corrected chi connectivity index (χ2v) is 10.4. The van der Waals surface area contributed by atoms with Crippen molar-refractivity contribution >= 4 is 16.0 Å². The van der Waals surface area contributed by atoms with E-state index in [4.69, 9.17) is 4.74 Å². The Morgan fingerprint density at radius 1 is 1.15 bits per heavy atom. The van der Waals surface area contributed by atoms with Gasteiger partial charge in [-0.1, -0.05) is 32.9 Å². The summed E-state index contributed by atoms with van der Waals surface area (Å²) in [6.45, 7) is 11.7. The van der Waals surface area contributed by atoms with E-state index >= 15 is 0 Å². The number of hydrogen-bond acceptors (Lipinski definition) is 4. The van der Waals surface area contributed by atoms with Crippen LogP contribution in [-0.4, -0.2) is 38.0 Å². The Kier molecular flexibility index (Phi) is 6.18. The Morgan fingerprint density at radius 3 is 2.08 bits per heavy atom. The lowest BCUT2D eigenvalue weighted by Crippen LogP contribution is -2.40. The number of nitrogens with zero attached hydrogens (tertiary/aromatic N) is 1. The first-order valence-corrected chi connectivity index (χ1v) is 11.0. The molecular weight excluding hydrogens is 350 g/mol. The molecule has 1 aliphatic heterocycles. The smallest absolute Gasteiger partial charge is 0.309 e. The maximum absolute atomic E-state index is 12.4. The molecule has 0 N–H and O–H groups in total. The van der Waals surface area contributed by atoms with Gasteiger partial charge in [0.1, 0.15) is 6.61 Å². The van der Waals surface area contributed by atoms with Crippen molar-refractivity contribution < 1.29 is 17.9 Å². The molecule has 146 valence electrons. The van der Waals surface area contributed by atoms with Crippen LogP contribution < -0.4 is 0 Å². The quantitative estimate of drug-likeness (QED) is 0.751. The zero-order chi connectivity index (χ0) is 19.7. The summed E-state index contributed by atoms with van der Waals surface area (Å²) in [5.41, 5.74) is 4.68. The molecule has 0 amide bonds. The minimum absolute atomic E-state index is 0.0817. The maximum atomic E-state index is 12.4. The average Bonchev–Trinajstić information content (AvgIpc) is 2.52. The third-order valence-corrected chi connectivity index (χ3v) is 6.48. The molecule has 0 saturated carbocycles. The summed E-state index contributed by atoms with van der Waals surface area (Å²) in [6.07, 6.45) is 2.25. The SMILES string of the molecule is Cc1cc(C(C)(C)C)cc(C)c1COC(=O)C1CCN(S(C)(=O)=O)CC1. The number of carbonyl (C=O) groups excluding carboxylic acids is 1. The molecule has 0 aliphatic carbocycles. The van der Waals surface area contributed by atoms with Gasteiger partial charge in [-0.05, 0) is 54.4 Å². The normalized spacial score (nSPS) is 17.3. The van der Waals surface area contributed by atoms with Crippen molar-refractivity contribution in [2.24, 2.45) is 5.92 Å². The highest BCUT2D eigenvalue weighted by atomic mass is 32.2. The summed E-state index contributed by atoms with van der Waals surface area (Å²) in [6, 6.07) is 4.33. The van der Waals surface area contributed by atoms with Crippen molar-refractivity contribution in [1.29, 1.82) is 0 Å². The van der Waals surface area contributed by atoms with Gasteiger partial charge < -0.3 is 4.74 Å². The van der Waals surface area contributed by atoms with Gasteiger partial charge in [-0.15, -0.1) is 0 Å². The maximum Gasteiger partial charge on any atom is 0.309 e. The number of ether oxygens (including phenoxy) is 1. The van der Waals surface area contributed by atoms with Crippen molar-refractivity contribution in [3.05, 3.63) is 34.4 Å². The van der Waals surface area contributed by atoms with Crippen molar-refractivity contribution in [1.82, 2.24) is 4.31 Å². The van der Waals surface area contributed by atoms with E-state index in [9.17, 15) is 13.2 Å². The van der Waals surface area contributed by atoms with E-state index < -0.39 is 10.0 Å². The van der Waals surface area contributed by atoms with Crippen LogP contribution in [0.5, 0.6) is 0 Å². The fourth-order valence-electron chi connectivity index (χ4n) is 3.34. The minimum atomic E-state index is -3.18. The van der Waals surface area contributed by atoms with Crippen LogP contribution in [0, 0.1) is 19.8 Å². The van der Waals surface area contributed by atoms with E-state index in [-0.39, 0.29) is 23.9 Å². The summed E-state index contributed by atoms with van der Waals surface area (Å²) in [7, 11) is -3.18. The zero-order valence-corrected chi connectivity index (χ0v) is 17.6. The van der Waals surface area contributed by atoms with Crippen molar-refractivity contribution in [2.45, 2.75) is 59.5 Å². The van der Waals surface area contributed by atoms with Crippen LogP contribution in [0.4, 0.5) is 0 Å². The number of esters is 1. The Morgan fingerprint density at radius 2 is 1.65 bits per heavy atom. The lowest BCUT2D eigenvalue weighted by molar-refractivity contribution is -0.151. The molecule has 6 heteroatoms. The molecule has 2 rings (SSSR count). The summed E-state index contributed by atoms with van der Waals surface area (Å²) in [5.74, 6) is -0.445. The molecule has 0 radical (unpaired) electrons. The Balaban J connectivity index is 1.98. The summed E-state index contributed by atoms with van der Waals surface area (Å²) in [4.78, 5) is 12.4. The van der Waals surface area contributed by atoms with Gasteiger partial charge in [-0.2, -0.15) is 0 Å². The van der Waals surface area contributed by atoms with E-state index in [1.165, 1.54) is 16.1 Å². The first kappa shape index (κ1) is 20.9. The number of hydrogen-bond donors (Lipinski definition) is 0. The lowest BCUT2D eigenvalue weighted by atomic mass is 9.84. The molecule has 0 bridgehead atoms. The summed E-state index contributed by atoms with van der Waals surface area (Å²) < 4.78 is 30.1. The zero-order valence-electron chi connectivity index (χ0n) is 16.8. The van der Waals surface area contributed by atoms with Crippen molar-refractivity contribution in [2.75, 3.05) is 19.3 Å². The molecule has 1 saturated heterocycles. The van der Waals surface area contributed by atoms with Gasteiger partial charge in [-0.3, -0.25) is 4.79 Å². The van der Waals surface area contributed by atoms with Crippen LogP contribution in [0.15, 0.2) is 12.1 Å². The van der Waals surface area contributed by atoms with Gasteiger partial charge in [0.05, 0.1) is 12.2 Å². The topological polar surface area (TPSA) is 63.7 Å². The third-order valence-electron chi connectivity index (χ3n) is 5.18. The van der Waals surface area contributed by atoms with Crippen molar-refractivity contribution in [3.63, 3.8) is 0 Å². The molecule has 1 aromatic rings. The molecule has 1 aromatic carbocycles. The highest BCUT2D eigenvalue weighted by molar-refractivity contribution is 7.88. The molecule has 1 heterocycles. The van der Waals surface area contributed by atoms with Gasteiger partial charge in [0.15, 0.2) is 0 Å². The van der Waals surface area contributed by atoms with E-state index in [0.717, 1.165) is 16.7 Å². The largest absolute Gasteiger partial charge is 0.461 e. The molecule has 1 fully saturated rings. The third kappa shape index (κ3) is 5.07. The molecule has 0 atom stereocenters. The standard InChI is InChI=1S/C20H31NO4S/c1-14-11-17(20(3,4)5)12-15(2)18(14)13-25-19(22)16-7-9-21(10-8-16)26(6,23)24/h11-12,16H,7-10,13H2,1-6H3. The molecule has 5 nitrogen and oxygen atoms in total. The number of carbonyl (C=O) groups is 1. The Hall–Kier alpha value is -1.40. The van der Waals surface area contributed by atoms with Crippen LogP contribution in [0.3, 0.4) is 0 Å². The molecule has 26 heavy (non-hydrogen) atoms. The highest BCUT2D eigenvalue weighted by Gasteiger charge is 2.30. The van der Waals surface area contributed by atoms with Crippen LogP contribution >= 0.6 is 0 Å². The second kappa shape index (κ2) is 7.69. The molecule has 0 aromatic heterocycles. The van der Waals surface area contributed by atoms with Crippen LogP contribution in [-0.2, 0) is 31.6 Å². The van der Waals surface area contributed by atoms with E-state index in [1.807, 2.05) is 0 Å². The van der Waals surface area contributed by atoms with E-state index in [2.05, 4.69) is 46.8 Å². The van der Waals surface area contributed by atoms with Gasteiger partial charge in [-0.25, -0.2) is 12.7 Å². The average molecular weight is 382 g/mol. The van der Waals surface area contributed by atoms with Gasteiger partial charge in [0.25, 0.3) is 0 Å². The number of rotatable bonds is 4. The number of aryl methyl sites for hydroxylation is 2. The highest BCUT2D eigenvalue weighted by Crippen LogP contribution is 2.28. The Bertz CT molecular complexity index is 746.